The zero-order valence-corrected chi connectivity index (χ0v) is 7.90. The van der Waals surface area contributed by atoms with E-state index in [-0.39, 0.29) is 0 Å². The molecule has 0 radical (unpaired) electrons. The van der Waals surface area contributed by atoms with Gasteiger partial charge in [0.05, 0.1) is 5.52 Å². The first-order valence-corrected chi connectivity index (χ1v) is 5.02. The van der Waals surface area contributed by atoms with Crippen LogP contribution in [0.4, 0.5) is 0 Å². The molecule has 0 bridgehead atoms. The van der Waals surface area contributed by atoms with Crippen LogP contribution >= 0.6 is 0 Å². The van der Waals surface area contributed by atoms with E-state index in [4.69, 9.17) is 0 Å². The van der Waals surface area contributed by atoms with Gasteiger partial charge in [-0.2, -0.15) is 0 Å². The molecule has 1 unspecified atom stereocenters. The molecular weight excluding hydrogens is 172 g/mol. The Morgan fingerprint density at radius 1 is 1.21 bits per heavy atom. The zero-order valence-electron chi connectivity index (χ0n) is 7.90. The average molecular weight is 184 g/mol. The van der Waals surface area contributed by atoms with Gasteiger partial charge in [-0.05, 0) is 24.6 Å². The molecule has 3 rings (SSSR count). The molecule has 1 aliphatic heterocycles. The highest BCUT2D eigenvalue weighted by Crippen LogP contribution is 2.28. The smallest absolute Gasteiger partial charge is 0.0749 e. The minimum Gasteiger partial charge on any atom is -0.310 e. The predicted octanol–water partition coefficient (Wildman–Crippen LogP) is 2.27. The summed E-state index contributed by atoms with van der Waals surface area (Å²) in [5.41, 5.74) is 2.49. The summed E-state index contributed by atoms with van der Waals surface area (Å²) in [7, 11) is 0. The van der Waals surface area contributed by atoms with Gasteiger partial charge in [0.25, 0.3) is 0 Å². The number of nitrogens with zero attached hydrogens (tertiary/aromatic N) is 1. The van der Waals surface area contributed by atoms with Crippen molar-refractivity contribution < 1.29 is 0 Å². The van der Waals surface area contributed by atoms with Gasteiger partial charge in [0.2, 0.25) is 0 Å². The molecule has 0 amide bonds. The maximum Gasteiger partial charge on any atom is 0.0749 e. The van der Waals surface area contributed by atoms with Crippen molar-refractivity contribution in [3.63, 3.8) is 0 Å². The third kappa shape index (κ3) is 1.11. The summed E-state index contributed by atoms with van der Waals surface area (Å²) in [6.07, 6.45) is 3.10. The number of benzene rings is 1. The van der Waals surface area contributed by atoms with Gasteiger partial charge in [-0.3, -0.25) is 4.98 Å². The molecule has 1 saturated heterocycles. The number of hydrogen-bond acceptors (Lipinski definition) is 2. The van der Waals surface area contributed by atoms with Crippen molar-refractivity contribution >= 4 is 10.9 Å². The van der Waals surface area contributed by atoms with Crippen LogP contribution in [0.1, 0.15) is 18.0 Å². The van der Waals surface area contributed by atoms with Crippen molar-refractivity contribution in [2.24, 2.45) is 0 Å². The number of aromatic nitrogens is 1. The summed E-state index contributed by atoms with van der Waals surface area (Å²) < 4.78 is 0. The lowest BCUT2D eigenvalue weighted by Gasteiger charge is -2.28. The predicted molar refractivity (Wildman–Crippen MR) is 57.1 cm³/mol. The van der Waals surface area contributed by atoms with E-state index in [0.29, 0.717) is 6.04 Å². The van der Waals surface area contributed by atoms with E-state index in [1.807, 2.05) is 12.3 Å². The van der Waals surface area contributed by atoms with E-state index >= 15 is 0 Å². The Hall–Kier alpha value is -1.41. The Kier molecular flexibility index (Phi) is 1.74. The number of fused-ring (bicyclic) bond motifs is 1. The first-order valence-electron chi connectivity index (χ1n) is 5.02. The van der Waals surface area contributed by atoms with Crippen molar-refractivity contribution in [2.45, 2.75) is 12.5 Å². The number of para-hydroxylation sites is 1. The molecule has 0 saturated carbocycles. The minimum atomic E-state index is 0.522. The summed E-state index contributed by atoms with van der Waals surface area (Å²) in [6.45, 7) is 1.13. The molecule has 2 aromatic rings. The van der Waals surface area contributed by atoms with Gasteiger partial charge >= 0.3 is 0 Å². The lowest BCUT2D eigenvalue weighted by molar-refractivity contribution is 0.385. The fourth-order valence-corrected chi connectivity index (χ4v) is 1.96. The van der Waals surface area contributed by atoms with Gasteiger partial charge in [0.15, 0.2) is 0 Å². The van der Waals surface area contributed by atoms with Crippen molar-refractivity contribution in [1.82, 2.24) is 10.3 Å². The van der Waals surface area contributed by atoms with Crippen molar-refractivity contribution in [1.29, 1.82) is 0 Å². The Morgan fingerprint density at radius 3 is 2.86 bits per heavy atom. The number of pyridine rings is 1. The molecule has 70 valence electrons. The summed E-state index contributed by atoms with van der Waals surface area (Å²) in [5.74, 6) is 0. The van der Waals surface area contributed by atoms with Crippen LogP contribution in [0.2, 0.25) is 0 Å². The van der Waals surface area contributed by atoms with E-state index < -0.39 is 0 Å². The molecule has 1 aliphatic rings. The first-order chi connectivity index (χ1) is 6.95. The van der Waals surface area contributed by atoms with E-state index in [2.05, 4.69) is 34.6 Å². The SMILES string of the molecule is c1cnc2c(C3CCN3)cccc2c1. The molecular formula is C12H12N2. The summed E-state index contributed by atoms with van der Waals surface area (Å²) >= 11 is 0. The highest BCUT2D eigenvalue weighted by molar-refractivity contribution is 5.82. The van der Waals surface area contributed by atoms with Crippen LogP contribution in [0, 0.1) is 0 Å². The Labute approximate surface area is 83.0 Å². The van der Waals surface area contributed by atoms with Crippen molar-refractivity contribution in [3.05, 3.63) is 42.1 Å². The maximum atomic E-state index is 4.44. The number of hydrogen-bond donors (Lipinski definition) is 1. The standard InChI is InChI=1S/C12H12N2/c1-3-9-4-2-7-14-12(9)10(5-1)11-6-8-13-11/h1-5,7,11,13H,6,8H2. The third-order valence-electron chi connectivity index (χ3n) is 2.86. The molecule has 1 atom stereocenters. The van der Waals surface area contributed by atoms with Gasteiger partial charge in [-0.15, -0.1) is 0 Å². The Bertz CT molecular complexity index is 455. The molecule has 1 fully saturated rings. The van der Waals surface area contributed by atoms with E-state index in [9.17, 15) is 0 Å². The quantitative estimate of drug-likeness (QED) is 0.735. The lowest BCUT2D eigenvalue weighted by atomic mass is 9.95. The molecule has 14 heavy (non-hydrogen) atoms. The molecule has 1 N–H and O–H groups in total. The highest BCUT2D eigenvalue weighted by atomic mass is 15.0. The van der Waals surface area contributed by atoms with Crippen LogP contribution in [0.15, 0.2) is 36.5 Å². The van der Waals surface area contributed by atoms with E-state index in [0.717, 1.165) is 12.1 Å². The molecule has 2 heterocycles. The molecule has 1 aromatic heterocycles. The summed E-state index contributed by atoms with van der Waals surface area (Å²) in [6, 6.07) is 11.0. The maximum absolute atomic E-state index is 4.44. The second-order valence-electron chi connectivity index (χ2n) is 3.72. The highest BCUT2D eigenvalue weighted by Gasteiger charge is 2.20. The summed E-state index contributed by atoms with van der Waals surface area (Å²) in [5, 5.41) is 4.65. The van der Waals surface area contributed by atoms with Gasteiger partial charge < -0.3 is 5.32 Å². The largest absolute Gasteiger partial charge is 0.310 e. The number of nitrogens with one attached hydrogen (secondary N) is 1. The Morgan fingerprint density at radius 2 is 2.07 bits per heavy atom. The molecule has 0 aliphatic carbocycles. The second kappa shape index (κ2) is 3.07. The average Bonchev–Trinajstić information content (AvgIpc) is 2.16. The van der Waals surface area contributed by atoms with Crippen LogP contribution in [0.3, 0.4) is 0 Å². The second-order valence-corrected chi connectivity index (χ2v) is 3.72. The third-order valence-corrected chi connectivity index (χ3v) is 2.86. The molecule has 2 heteroatoms. The summed E-state index contributed by atoms with van der Waals surface area (Å²) in [4.78, 5) is 4.44. The van der Waals surface area contributed by atoms with Gasteiger partial charge in [-0.25, -0.2) is 0 Å². The van der Waals surface area contributed by atoms with Crippen LogP contribution in [0.25, 0.3) is 10.9 Å². The normalized spacial score (nSPS) is 20.7. The Balaban J connectivity index is 2.22. The van der Waals surface area contributed by atoms with Gasteiger partial charge in [0, 0.05) is 17.6 Å². The van der Waals surface area contributed by atoms with Crippen molar-refractivity contribution in [2.75, 3.05) is 6.54 Å². The topological polar surface area (TPSA) is 24.9 Å². The van der Waals surface area contributed by atoms with Crippen LogP contribution in [-0.4, -0.2) is 11.5 Å². The van der Waals surface area contributed by atoms with E-state index in [1.54, 1.807) is 0 Å². The first kappa shape index (κ1) is 7.94. The van der Waals surface area contributed by atoms with Crippen molar-refractivity contribution in [3.8, 4) is 0 Å². The van der Waals surface area contributed by atoms with Crippen LogP contribution in [0.5, 0.6) is 0 Å². The van der Waals surface area contributed by atoms with Crippen LogP contribution in [-0.2, 0) is 0 Å². The van der Waals surface area contributed by atoms with Gasteiger partial charge in [0.1, 0.15) is 0 Å². The monoisotopic (exact) mass is 184 g/mol. The fraction of sp³-hybridized carbons (Fsp3) is 0.250. The van der Waals surface area contributed by atoms with Gasteiger partial charge in [-0.1, -0.05) is 24.3 Å². The van der Waals surface area contributed by atoms with Crippen LogP contribution < -0.4 is 5.32 Å². The minimum absolute atomic E-state index is 0.522. The number of rotatable bonds is 1. The van der Waals surface area contributed by atoms with E-state index in [1.165, 1.54) is 17.4 Å². The fourth-order valence-electron chi connectivity index (χ4n) is 1.96. The molecule has 1 aromatic carbocycles. The molecule has 2 nitrogen and oxygen atoms in total. The zero-order chi connectivity index (χ0) is 9.38. The molecule has 0 spiro atoms. The lowest BCUT2D eigenvalue weighted by Crippen LogP contribution is -2.35.